The van der Waals surface area contributed by atoms with Crippen molar-refractivity contribution in [2.24, 2.45) is 13.0 Å². The predicted octanol–water partition coefficient (Wildman–Crippen LogP) is 6.10. The van der Waals surface area contributed by atoms with Gasteiger partial charge in [-0.25, -0.2) is 14.8 Å². The van der Waals surface area contributed by atoms with Gasteiger partial charge in [-0.1, -0.05) is 18.2 Å². The van der Waals surface area contributed by atoms with E-state index in [4.69, 9.17) is 15.1 Å². The smallest absolute Gasteiger partial charge is 0.408 e. The molecule has 0 bridgehead atoms. The molecule has 0 saturated carbocycles. The Hall–Kier alpha value is -6.16. The first kappa shape index (κ1) is 43.7. The van der Waals surface area contributed by atoms with Gasteiger partial charge in [-0.15, -0.1) is 0 Å². The van der Waals surface area contributed by atoms with Gasteiger partial charge in [0.15, 0.2) is 5.58 Å². The molecule has 0 aliphatic carbocycles. The van der Waals surface area contributed by atoms with Crippen LogP contribution >= 0.6 is 0 Å². The van der Waals surface area contributed by atoms with Crippen molar-refractivity contribution in [1.82, 2.24) is 44.0 Å². The van der Waals surface area contributed by atoms with E-state index in [-0.39, 0.29) is 30.7 Å². The normalized spacial score (nSPS) is 21.5. The van der Waals surface area contributed by atoms with Crippen molar-refractivity contribution in [3.8, 4) is 11.1 Å². The van der Waals surface area contributed by atoms with E-state index in [0.717, 1.165) is 118 Å². The number of likely N-dealkylation sites (tertiary alicyclic amines) is 2. The summed E-state index contributed by atoms with van der Waals surface area (Å²) >= 11 is 0. The number of benzene rings is 2. The zero-order valence-electron chi connectivity index (χ0n) is 38.2. The lowest BCUT2D eigenvalue weighted by Gasteiger charge is -2.42. The molecule has 4 aliphatic heterocycles. The van der Waals surface area contributed by atoms with E-state index < -0.39 is 17.7 Å². The molecule has 344 valence electrons. The summed E-state index contributed by atoms with van der Waals surface area (Å²) < 4.78 is 9.18. The average molecular weight is 893 g/mol. The molecule has 4 fully saturated rings. The fourth-order valence-electron chi connectivity index (χ4n) is 11.1. The molecule has 3 amide bonds. The minimum atomic E-state index is -0.754. The van der Waals surface area contributed by atoms with Gasteiger partial charge in [0.25, 0.3) is 5.91 Å². The molecular weight excluding hydrogens is 833 g/mol. The molecule has 8 heterocycles. The molecule has 3 atom stereocenters. The van der Waals surface area contributed by atoms with Gasteiger partial charge in [0, 0.05) is 106 Å². The first-order chi connectivity index (χ1) is 32.0. The van der Waals surface area contributed by atoms with Crippen LogP contribution in [0.1, 0.15) is 97.6 Å². The van der Waals surface area contributed by atoms with Crippen LogP contribution in [0.3, 0.4) is 0 Å². The van der Waals surface area contributed by atoms with Crippen molar-refractivity contribution in [3.63, 3.8) is 0 Å². The maximum absolute atomic E-state index is 13.7. The minimum Gasteiger partial charge on any atom is -0.408 e. The summed E-state index contributed by atoms with van der Waals surface area (Å²) in [5.74, 6) is 0.295. The molecule has 66 heavy (non-hydrogen) atoms. The molecule has 10 rings (SSSR count). The Morgan fingerprint density at radius 3 is 2.41 bits per heavy atom. The third-order valence-corrected chi connectivity index (χ3v) is 15.0. The Bertz CT molecular complexity index is 2820. The van der Waals surface area contributed by atoms with Crippen LogP contribution in [-0.4, -0.2) is 115 Å². The highest BCUT2D eigenvalue weighted by molar-refractivity contribution is 6.00. The Morgan fingerprint density at radius 2 is 1.68 bits per heavy atom. The zero-order chi connectivity index (χ0) is 45.6. The molecule has 6 aromatic rings. The maximum atomic E-state index is 13.7. The number of hydrogen-bond donors (Lipinski definition) is 2. The zero-order valence-corrected chi connectivity index (χ0v) is 38.2. The summed E-state index contributed by atoms with van der Waals surface area (Å²) in [7, 11) is 2.11. The summed E-state index contributed by atoms with van der Waals surface area (Å²) in [6, 6.07) is 22.3. The van der Waals surface area contributed by atoms with E-state index in [0.29, 0.717) is 34.8 Å². The van der Waals surface area contributed by atoms with Crippen molar-refractivity contribution in [3.05, 3.63) is 112 Å². The predicted molar refractivity (Wildman–Crippen MR) is 254 cm³/mol. The van der Waals surface area contributed by atoms with Gasteiger partial charge in [0.2, 0.25) is 11.8 Å². The van der Waals surface area contributed by atoms with Crippen molar-refractivity contribution in [2.45, 2.75) is 83.0 Å². The number of rotatable bonds is 10. The Morgan fingerprint density at radius 1 is 0.894 bits per heavy atom. The maximum Gasteiger partial charge on any atom is 0.420 e. The number of nitrogens with zero attached hydrogens (tertiary/aromatic N) is 8. The fourth-order valence-corrected chi connectivity index (χ4v) is 11.1. The number of nitrogens with two attached hydrogens (primary N) is 1. The van der Waals surface area contributed by atoms with Gasteiger partial charge >= 0.3 is 5.76 Å². The second-order valence-corrected chi connectivity index (χ2v) is 19.1. The third-order valence-electron chi connectivity index (χ3n) is 15.0. The van der Waals surface area contributed by atoms with Crippen LogP contribution in [0.15, 0.2) is 88.3 Å². The number of pyridine rings is 2. The number of aryl methyl sites for hydroxylation is 1. The van der Waals surface area contributed by atoms with Gasteiger partial charge < -0.3 is 19.6 Å². The SMILES string of the molecule is C[C@H]1CN(Cc2ccc3c(c2)oc(=O)n3C2CCC(=O)NC2=O)CCN1CC1CCN(C(=O)c2ccc(C3CCN([C@@H](C)c4cc5c(-c6ccc(N)nc6)ccnc5n4C)CC3)cc2)CC1. The van der Waals surface area contributed by atoms with Crippen LogP contribution in [0.4, 0.5) is 5.82 Å². The van der Waals surface area contributed by atoms with Gasteiger partial charge in [0.1, 0.15) is 17.5 Å². The van der Waals surface area contributed by atoms with E-state index >= 15 is 0 Å². The fraction of sp³-hybridized carbons (Fsp3) is 0.451. The molecule has 15 heteroatoms. The van der Waals surface area contributed by atoms with E-state index in [1.165, 1.54) is 15.8 Å². The molecule has 4 saturated heterocycles. The average Bonchev–Trinajstić information content (AvgIpc) is 3.84. The summed E-state index contributed by atoms with van der Waals surface area (Å²) in [5.41, 5.74) is 14.4. The molecule has 1 unspecified atom stereocenters. The number of oxazole rings is 1. The van der Waals surface area contributed by atoms with Gasteiger partial charge in [-0.05, 0) is 136 Å². The highest BCUT2D eigenvalue weighted by atomic mass is 16.4. The molecular formula is C51H60N10O5. The number of anilines is 1. The number of fused-ring (bicyclic) bond motifs is 2. The van der Waals surface area contributed by atoms with Gasteiger partial charge in [-0.3, -0.25) is 39.0 Å². The standard InChI is InChI=1S/C51H60N10O5/c1-32-29-57(30-35-4-10-42-45(26-35)66-51(65)61(42)43-11-13-47(62)55-49(43)63)24-25-60(32)31-34-15-20-59(21-16-34)50(64)38-7-5-36(6-8-38)37-17-22-58(23-18-37)33(2)44-27-41-40(14-19-53-48(41)56(44)3)39-9-12-46(52)54-28-39/h4-10,12,14,19,26-28,32-34,37,43H,11,13,15-18,20-25,29-31H2,1-3H3,(H2,52,54)(H,55,62,63)/t32-,33-,43?/m0/s1. The quantitative estimate of drug-likeness (QED) is 0.153. The third kappa shape index (κ3) is 8.67. The van der Waals surface area contributed by atoms with Crippen molar-refractivity contribution < 1.29 is 18.8 Å². The number of carbonyl (C=O) groups is 3. The highest BCUT2D eigenvalue weighted by Gasteiger charge is 2.33. The number of piperidine rings is 3. The van der Waals surface area contributed by atoms with E-state index in [1.807, 2.05) is 59.8 Å². The van der Waals surface area contributed by atoms with E-state index in [9.17, 15) is 19.2 Å². The van der Waals surface area contributed by atoms with Crippen LogP contribution in [0.2, 0.25) is 0 Å². The van der Waals surface area contributed by atoms with Crippen molar-refractivity contribution in [1.29, 1.82) is 0 Å². The number of hydrogen-bond acceptors (Lipinski definition) is 11. The molecule has 0 spiro atoms. The highest BCUT2D eigenvalue weighted by Crippen LogP contribution is 2.36. The largest absolute Gasteiger partial charge is 0.420 e. The topological polar surface area (TPSA) is 168 Å². The molecule has 4 aromatic heterocycles. The molecule has 15 nitrogen and oxygen atoms in total. The molecule has 4 aliphatic rings. The molecule has 2 aromatic carbocycles. The van der Waals surface area contributed by atoms with Crippen molar-refractivity contribution >= 4 is 45.7 Å². The Kier molecular flexibility index (Phi) is 12.1. The van der Waals surface area contributed by atoms with Crippen LogP contribution in [-0.2, 0) is 23.2 Å². The number of imide groups is 1. The van der Waals surface area contributed by atoms with Gasteiger partial charge in [0.05, 0.1) is 5.52 Å². The second kappa shape index (κ2) is 18.3. The van der Waals surface area contributed by atoms with Gasteiger partial charge in [-0.2, -0.15) is 0 Å². The first-order valence-corrected chi connectivity index (χ1v) is 23.7. The number of carbonyl (C=O) groups excluding carboxylic acids is 3. The summed E-state index contributed by atoms with van der Waals surface area (Å²) in [5, 5.41) is 3.45. The number of nitrogens with one attached hydrogen (secondary N) is 1. The number of aromatic nitrogens is 4. The van der Waals surface area contributed by atoms with Crippen LogP contribution in [0, 0.1) is 5.92 Å². The van der Waals surface area contributed by atoms with Crippen LogP contribution in [0.25, 0.3) is 33.3 Å². The number of nitrogen functional groups attached to an aromatic ring is 1. The summed E-state index contributed by atoms with van der Waals surface area (Å²) in [6.07, 6.45) is 8.33. The first-order valence-electron chi connectivity index (χ1n) is 23.7. The van der Waals surface area contributed by atoms with Crippen LogP contribution < -0.4 is 16.8 Å². The summed E-state index contributed by atoms with van der Waals surface area (Å²) in [4.78, 5) is 69.4. The monoisotopic (exact) mass is 892 g/mol. The lowest BCUT2D eigenvalue weighted by atomic mass is 9.88. The van der Waals surface area contributed by atoms with E-state index in [1.54, 1.807) is 0 Å². The lowest BCUT2D eigenvalue weighted by Crippen LogP contribution is -2.53. The van der Waals surface area contributed by atoms with Crippen molar-refractivity contribution in [2.75, 3.05) is 58.1 Å². The van der Waals surface area contributed by atoms with Crippen LogP contribution in [0.5, 0.6) is 0 Å². The molecule has 3 N–H and O–H groups in total. The summed E-state index contributed by atoms with van der Waals surface area (Å²) in [6.45, 7) is 12.8. The Labute approximate surface area is 384 Å². The van der Waals surface area contributed by atoms with E-state index in [2.05, 4.69) is 74.7 Å². The Balaban J connectivity index is 0.675. The number of piperazine rings is 1. The number of amides is 3. The molecule has 0 radical (unpaired) electrons. The lowest BCUT2D eigenvalue weighted by molar-refractivity contribution is -0.135. The minimum absolute atomic E-state index is 0.135. The second-order valence-electron chi connectivity index (χ2n) is 19.1.